The van der Waals surface area contributed by atoms with Gasteiger partial charge in [0.05, 0.1) is 0 Å². The second kappa shape index (κ2) is 5.40. The quantitative estimate of drug-likeness (QED) is 0.654. The molecular weight excluding hydrogens is 264 g/mol. The molecule has 4 heteroatoms. The molecule has 1 aliphatic rings. The van der Waals surface area contributed by atoms with Gasteiger partial charge in [-0.05, 0) is 36.6 Å². The molecule has 2 aromatic rings. The fourth-order valence-corrected chi connectivity index (χ4v) is 2.58. The number of aryl methyl sites for hydroxylation is 1. The molecule has 106 valence electrons. The molecule has 1 aliphatic heterocycles. The number of amides is 1. The summed E-state index contributed by atoms with van der Waals surface area (Å²) in [5.41, 5.74) is 8.83. The van der Waals surface area contributed by atoms with Gasteiger partial charge in [0, 0.05) is 28.9 Å². The minimum atomic E-state index is -0.159. The van der Waals surface area contributed by atoms with Crippen molar-refractivity contribution >= 4 is 17.4 Å². The van der Waals surface area contributed by atoms with Crippen LogP contribution in [0.4, 0.5) is 5.69 Å². The second-order valence-electron chi connectivity index (χ2n) is 5.15. The number of ketones is 1. The molecule has 4 nitrogen and oxygen atoms in total. The molecule has 1 heterocycles. The standard InChI is InChI=1S/C17H16N2O2/c18-15-6-2-1-5-13(15)16(20)12-8-7-11-4-3-9-19-17(21)14(11)10-12/h1-2,5-8,10H,3-4,9,18H2,(H,19,21). The number of fused-ring (bicyclic) bond motifs is 1. The third kappa shape index (κ3) is 2.52. The molecule has 0 aliphatic carbocycles. The van der Waals surface area contributed by atoms with Gasteiger partial charge < -0.3 is 11.1 Å². The van der Waals surface area contributed by atoms with Gasteiger partial charge in [-0.1, -0.05) is 24.3 Å². The summed E-state index contributed by atoms with van der Waals surface area (Å²) in [5.74, 6) is -0.272. The van der Waals surface area contributed by atoms with Crippen LogP contribution in [0.25, 0.3) is 0 Å². The van der Waals surface area contributed by atoms with Gasteiger partial charge in [-0.15, -0.1) is 0 Å². The van der Waals surface area contributed by atoms with Crippen LogP contribution in [0.2, 0.25) is 0 Å². The summed E-state index contributed by atoms with van der Waals surface area (Å²) in [6.45, 7) is 0.669. The van der Waals surface area contributed by atoms with Gasteiger partial charge in [0.25, 0.3) is 5.91 Å². The van der Waals surface area contributed by atoms with Crippen LogP contribution in [0.5, 0.6) is 0 Å². The van der Waals surface area contributed by atoms with Crippen molar-refractivity contribution in [3.05, 3.63) is 64.7 Å². The Kier molecular flexibility index (Phi) is 3.44. The van der Waals surface area contributed by atoms with Gasteiger partial charge in [0.1, 0.15) is 0 Å². The zero-order valence-corrected chi connectivity index (χ0v) is 11.6. The van der Waals surface area contributed by atoms with Crippen molar-refractivity contribution in [2.75, 3.05) is 12.3 Å². The van der Waals surface area contributed by atoms with Crippen LogP contribution in [0.3, 0.4) is 0 Å². The Morgan fingerprint density at radius 3 is 2.76 bits per heavy atom. The number of carbonyl (C=O) groups is 2. The number of nitrogens with one attached hydrogen (secondary N) is 1. The molecule has 0 bridgehead atoms. The molecule has 0 saturated carbocycles. The maximum atomic E-state index is 12.5. The van der Waals surface area contributed by atoms with Crippen molar-refractivity contribution in [1.82, 2.24) is 5.32 Å². The van der Waals surface area contributed by atoms with Crippen molar-refractivity contribution < 1.29 is 9.59 Å². The lowest BCUT2D eigenvalue weighted by molar-refractivity contribution is 0.0956. The van der Waals surface area contributed by atoms with E-state index in [1.54, 1.807) is 36.4 Å². The van der Waals surface area contributed by atoms with Crippen molar-refractivity contribution in [3.63, 3.8) is 0 Å². The predicted molar refractivity (Wildman–Crippen MR) is 81.4 cm³/mol. The average Bonchev–Trinajstić information content (AvgIpc) is 2.69. The lowest BCUT2D eigenvalue weighted by atomic mass is 9.96. The summed E-state index contributed by atoms with van der Waals surface area (Å²) in [6.07, 6.45) is 1.76. The first kappa shape index (κ1) is 13.4. The van der Waals surface area contributed by atoms with Crippen LogP contribution in [0.15, 0.2) is 42.5 Å². The zero-order chi connectivity index (χ0) is 14.8. The number of para-hydroxylation sites is 1. The number of nitrogen functional groups attached to an aromatic ring is 1. The SMILES string of the molecule is Nc1ccccc1C(=O)c1ccc2c(c1)C(=O)NCCC2. The lowest BCUT2D eigenvalue weighted by Crippen LogP contribution is -2.23. The zero-order valence-electron chi connectivity index (χ0n) is 11.6. The Morgan fingerprint density at radius 1 is 1.14 bits per heavy atom. The van der Waals surface area contributed by atoms with Crippen LogP contribution in [0.1, 0.15) is 38.3 Å². The molecule has 0 saturated heterocycles. The molecule has 1 amide bonds. The van der Waals surface area contributed by atoms with Crippen molar-refractivity contribution in [1.29, 1.82) is 0 Å². The van der Waals surface area contributed by atoms with Crippen LogP contribution < -0.4 is 11.1 Å². The first-order chi connectivity index (χ1) is 10.2. The first-order valence-corrected chi connectivity index (χ1v) is 6.97. The number of nitrogens with two attached hydrogens (primary N) is 1. The van der Waals surface area contributed by atoms with E-state index < -0.39 is 0 Å². The van der Waals surface area contributed by atoms with Gasteiger partial charge >= 0.3 is 0 Å². The largest absolute Gasteiger partial charge is 0.398 e. The van der Waals surface area contributed by atoms with Gasteiger partial charge in [-0.2, -0.15) is 0 Å². The van der Waals surface area contributed by atoms with E-state index >= 15 is 0 Å². The Hall–Kier alpha value is -2.62. The minimum absolute atomic E-state index is 0.113. The van der Waals surface area contributed by atoms with E-state index in [4.69, 9.17) is 5.73 Å². The third-order valence-electron chi connectivity index (χ3n) is 3.73. The molecule has 0 unspecified atom stereocenters. The van der Waals surface area contributed by atoms with Crippen molar-refractivity contribution in [2.24, 2.45) is 0 Å². The number of carbonyl (C=O) groups excluding carboxylic acids is 2. The summed E-state index contributed by atoms with van der Waals surface area (Å²) in [5, 5.41) is 2.84. The molecule has 2 aromatic carbocycles. The molecule has 0 atom stereocenters. The van der Waals surface area contributed by atoms with Crippen LogP contribution in [0, 0.1) is 0 Å². The summed E-state index contributed by atoms with van der Waals surface area (Å²) in [4.78, 5) is 24.6. The van der Waals surface area contributed by atoms with Crippen LogP contribution >= 0.6 is 0 Å². The highest BCUT2D eigenvalue weighted by molar-refractivity contribution is 6.13. The van der Waals surface area contributed by atoms with Crippen LogP contribution in [-0.2, 0) is 6.42 Å². The summed E-state index contributed by atoms with van der Waals surface area (Å²) < 4.78 is 0. The summed E-state index contributed by atoms with van der Waals surface area (Å²) in [6, 6.07) is 12.3. The normalized spacial score (nSPS) is 14.0. The molecule has 3 rings (SSSR count). The first-order valence-electron chi connectivity index (χ1n) is 6.97. The average molecular weight is 280 g/mol. The maximum absolute atomic E-state index is 12.5. The van der Waals surface area contributed by atoms with E-state index in [0.29, 0.717) is 28.9 Å². The monoisotopic (exact) mass is 280 g/mol. The Bertz CT molecular complexity index is 722. The van der Waals surface area contributed by atoms with Gasteiger partial charge in [-0.25, -0.2) is 0 Å². The Balaban J connectivity index is 2.02. The maximum Gasteiger partial charge on any atom is 0.251 e. The molecular formula is C17H16N2O2. The van der Waals surface area contributed by atoms with E-state index in [0.717, 1.165) is 18.4 Å². The second-order valence-corrected chi connectivity index (χ2v) is 5.15. The Morgan fingerprint density at radius 2 is 1.95 bits per heavy atom. The van der Waals surface area contributed by atoms with Gasteiger partial charge in [0.2, 0.25) is 0 Å². The van der Waals surface area contributed by atoms with Gasteiger partial charge in [0.15, 0.2) is 5.78 Å². The third-order valence-corrected chi connectivity index (χ3v) is 3.73. The fourth-order valence-electron chi connectivity index (χ4n) is 2.58. The van der Waals surface area contributed by atoms with E-state index in [1.807, 2.05) is 6.07 Å². The van der Waals surface area contributed by atoms with Gasteiger partial charge in [-0.3, -0.25) is 9.59 Å². The molecule has 0 aromatic heterocycles. The molecule has 0 fully saturated rings. The molecule has 21 heavy (non-hydrogen) atoms. The number of hydrogen-bond donors (Lipinski definition) is 2. The van der Waals surface area contributed by atoms with E-state index in [2.05, 4.69) is 5.32 Å². The highest BCUT2D eigenvalue weighted by Crippen LogP contribution is 2.21. The number of anilines is 1. The predicted octanol–water partition coefficient (Wildman–Crippen LogP) is 2.18. The summed E-state index contributed by atoms with van der Waals surface area (Å²) >= 11 is 0. The van der Waals surface area contributed by atoms with Crippen molar-refractivity contribution in [2.45, 2.75) is 12.8 Å². The highest BCUT2D eigenvalue weighted by atomic mass is 16.1. The smallest absolute Gasteiger partial charge is 0.251 e. The number of hydrogen-bond acceptors (Lipinski definition) is 3. The van der Waals surface area contributed by atoms with Crippen LogP contribution in [-0.4, -0.2) is 18.2 Å². The summed E-state index contributed by atoms with van der Waals surface area (Å²) in [7, 11) is 0. The minimum Gasteiger partial charge on any atom is -0.398 e. The van der Waals surface area contributed by atoms with E-state index in [-0.39, 0.29) is 11.7 Å². The fraction of sp³-hybridized carbons (Fsp3) is 0.176. The molecule has 0 spiro atoms. The van der Waals surface area contributed by atoms with Crippen molar-refractivity contribution in [3.8, 4) is 0 Å². The van der Waals surface area contributed by atoms with E-state index in [1.165, 1.54) is 0 Å². The number of benzene rings is 2. The molecule has 3 N–H and O–H groups in total. The lowest BCUT2D eigenvalue weighted by Gasteiger charge is -2.08. The topological polar surface area (TPSA) is 72.2 Å². The molecule has 0 radical (unpaired) electrons. The van der Waals surface area contributed by atoms with E-state index in [9.17, 15) is 9.59 Å². The Labute approximate surface area is 123 Å². The highest BCUT2D eigenvalue weighted by Gasteiger charge is 2.18. The number of rotatable bonds is 2.